The van der Waals surface area contributed by atoms with E-state index in [1.807, 2.05) is 26.0 Å². The van der Waals surface area contributed by atoms with Crippen LogP contribution in [-0.2, 0) is 9.59 Å². The first-order chi connectivity index (χ1) is 9.38. The molecule has 0 saturated carbocycles. The van der Waals surface area contributed by atoms with Crippen LogP contribution in [0.15, 0.2) is 18.2 Å². The van der Waals surface area contributed by atoms with Crippen molar-refractivity contribution in [2.75, 3.05) is 20.2 Å². The predicted octanol–water partition coefficient (Wildman–Crippen LogP) is 2.01. The second-order valence-electron chi connectivity index (χ2n) is 4.88. The number of nitrogens with zero attached hydrogens (tertiary/aromatic N) is 1. The van der Waals surface area contributed by atoms with Gasteiger partial charge in [-0.3, -0.25) is 9.59 Å². The zero-order valence-electron chi connectivity index (χ0n) is 12.2. The molecule has 0 fully saturated rings. The Morgan fingerprint density at radius 1 is 1.15 bits per heavy atom. The Labute approximate surface area is 119 Å². The second kappa shape index (κ2) is 7.53. The Hall–Kier alpha value is -2.04. The van der Waals surface area contributed by atoms with Crippen molar-refractivity contribution in [3.05, 3.63) is 29.3 Å². The van der Waals surface area contributed by atoms with Gasteiger partial charge in [0.05, 0.1) is 19.4 Å². The zero-order valence-corrected chi connectivity index (χ0v) is 12.2. The molecule has 0 saturated heterocycles. The van der Waals surface area contributed by atoms with E-state index in [0.717, 1.165) is 16.9 Å². The molecule has 1 aromatic carbocycles. The lowest BCUT2D eigenvalue weighted by Crippen LogP contribution is -2.30. The van der Waals surface area contributed by atoms with E-state index in [1.165, 1.54) is 4.90 Å². The van der Waals surface area contributed by atoms with Crippen molar-refractivity contribution in [1.29, 1.82) is 0 Å². The van der Waals surface area contributed by atoms with Crippen molar-refractivity contribution < 1.29 is 19.4 Å². The smallest absolute Gasteiger partial charge is 0.305 e. The fourth-order valence-corrected chi connectivity index (χ4v) is 1.85. The minimum atomic E-state index is -0.906. The van der Waals surface area contributed by atoms with Gasteiger partial charge >= 0.3 is 5.97 Å². The maximum atomic E-state index is 11.7. The molecule has 110 valence electrons. The monoisotopic (exact) mass is 279 g/mol. The molecule has 0 aliphatic carbocycles. The average molecular weight is 279 g/mol. The molecule has 0 unspecified atom stereocenters. The van der Waals surface area contributed by atoms with Crippen LogP contribution in [0.5, 0.6) is 5.75 Å². The van der Waals surface area contributed by atoms with Gasteiger partial charge in [-0.25, -0.2) is 0 Å². The van der Waals surface area contributed by atoms with Gasteiger partial charge in [0, 0.05) is 13.6 Å². The van der Waals surface area contributed by atoms with E-state index in [9.17, 15) is 9.59 Å². The summed E-state index contributed by atoms with van der Waals surface area (Å²) in [6, 6.07) is 5.90. The first-order valence-corrected chi connectivity index (χ1v) is 6.55. The molecule has 1 amide bonds. The van der Waals surface area contributed by atoms with Crippen LogP contribution in [0.3, 0.4) is 0 Å². The molecule has 5 nitrogen and oxygen atoms in total. The van der Waals surface area contributed by atoms with E-state index in [-0.39, 0.29) is 25.3 Å². The number of carbonyl (C=O) groups excluding carboxylic acids is 1. The fourth-order valence-electron chi connectivity index (χ4n) is 1.85. The number of carboxylic acids is 1. The molecule has 1 aromatic rings. The molecule has 0 aliphatic heterocycles. The molecular weight excluding hydrogens is 258 g/mol. The van der Waals surface area contributed by atoms with Crippen LogP contribution in [0.4, 0.5) is 0 Å². The van der Waals surface area contributed by atoms with Gasteiger partial charge in [0.25, 0.3) is 0 Å². The van der Waals surface area contributed by atoms with Gasteiger partial charge in [0.15, 0.2) is 0 Å². The standard InChI is InChI=1S/C15H21NO4/c1-11-8-12(2)10-13(9-11)20-7-5-14(17)16(3)6-4-15(18)19/h8-10H,4-7H2,1-3H3,(H,18,19). The summed E-state index contributed by atoms with van der Waals surface area (Å²) in [4.78, 5) is 23.6. The molecule has 0 atom stereocenters. The van der Waals surface area contributed by atoms with Gasteiger partial charge in [-0.2, -0.15) is 0 Å². The highest BCUT2D eigenvalue weighted by Crippen LogP contribution is 2.16. The Kier molecular flexibility index (Phi) is 6.03. The Morgan fingerprint density at radius 3 is 2.30 bits per heavy atom. The maximum absolute atomic E-state index is 11.7. The largest absolute Gasteiger partial charge is 0.493 e. The number of ether oxygens (including phenoxy) is 1. The van der Waals surface area contributed by atoms with E-state index in [2.05, 4.69) is 6.07 Å². The number of amides is 1. The number of benzene rings is 1. The van der Waals surface area contributed by atoms with Crippen LogP contribution < -0.4 is 4.74 Å². The van der Waals surface area contributed by atoms with Crippen LogP contribution in [-0.4, -0.2) is 42.1 Å². The summed E-state index contributed by atoms with van der Waals surface area (Å²) in [6.45, 7) is 4.49. The van der Waals surface area contributed by atoms with Crippen molar-refractivity contribution in [2.45, 2.75) is 26.7 Å². The highest BCUT2D eigenvalue weighted by molar-refractivity contribution is 5.76. The van der Waals surface area contributed by atoms with E-state index in [4.69, 9.17) is 9.84 Å². The summed E-state index contributed by atoms with van der Waals surface area (Å²) in [5.74, 6) is -0.268. The average Bonchev–Trinajstić information content (AvgIpc) is 2.34. The molecule has 0 radical (unpaired) electrons. The topological polar surface area (TPSA) is 66.8 Å². The number of rotatable bonds is 7. The number of aliphatic carboxylic acids is 1. The SMILES string of the molecule is Cc1cc(C)cc(OCCC(=O)N(C)CCC(=O)O)c1. The Bertz CT molecular complexity index is 465. The summed E-state index contributed by atoms with van der Waals surface area (Å²) in [7, 11) is 1.60. The van der Waals surface area contributed by atoms with Crippen LogP contribution in [0.2, 0.25) is 0 Å². The molecular formula is C15H21NO4. The highest BCUT2D eigenvalue weighted by atomic mass is 16.5. The molecule has 0 aliphatic rings. The predicted molar refractivity (Wildman–Crippen MR) is 75.9 cm³/mol. The Balaban J connectivity index is 2.36. The number of hydrogen-bond acceptors (Lipinski definition) is 3. The van der Waals surface area contributed by atoms with Gasteiger partial charge in [0.2, 0.25) is 5.91 Å². The van der Waals surface area contributed by atoms with E-state index in [1.54, 1.807) is 7.05 Å². The normalized spacial score (nSPS) is 10.2. The highest BCUT2D eigenvalue weighted by Gasteiger charge is 2.10. The molecule has 0 aromatic heterocycles. The van der Waals surface area contributed by atoms with Crippen molar-refractivity contribution in [3.63, 3.8) is 0 Å². The van der Waals surface area contributed by atoms with Gasteiger partial charge in [-0.1, -0.05) is 6.07 Å². The number of aryl methyl sites for hydroxylation is 2. The lowest BCUT2D eigenvalue weighted by Gasteiger charge is -2.16. The summed E-state index contributed by atoms with van der Waals surface area (Å²) < 4.78 is 5.55. The van der Waals surface area contributed by atoms with Gasteiger partial charge in [0.1, 0.15) is 5.75 Å². The van der Waals surface area contributed by atoms with Gasteiger partial charge < -0.3 is 14.7 Å². The Morgan fingerprint density at radius 2 is 1.75 bits per heavy atom. The molecule has 1 N–H and O–H groups in total. The van der Waals surface area contributed by atoms with Gasteiger partial charge in [-0.05, 0) is 37.1 Å². The van der Waals surface area contributed by atoms with Crippen molar-refractivity contribution >= 4 is 11.9 Å². The zero-order chi connectivity index (χ0) is 15.1. The lowest BCUT2D eigenvalue weighted by molar-refractivity contribution is -0.138. The summed E-state index contributed by atoms with van der Waals surface area (Å²) in [5, 5.41) is 8.56. The minimum absolute atomic E-state index is 0.0415. The quantitative estimate of drug-likeness (QED) is 0.829. The molecule has 0 heterocycles. The summed E-state index contributed by atoms with van der Waals surface area (Å²) in [5.41, 5.74) is 2.23. The number of carbonyl (C=O) groups is 2. The maximum Gasteiger partial charge on any atom is 0.305 e. The third kappa shape index (κ3) is 5.73. The third-order valence-electron chi connectivity index (χ3n) is 2.87. The molecule has 0 bridgehead atoms. The van der Waals surface area contributed by atoms with Crippen LogP contribution in [0, 0.1) is 13.8 Å². The summed E-state index contributed by atoms with van der Waals surface area (Å²) in [6.07, 6.45) is 0.198. The molecule has 20 heavy (non-hydrogen) atoms. The van der Waals surface area contributed by atoms with Crippen molar-refractivity contribution in [3.8, 4) is 5.75 Å². The number of carboxylic acid groups (broad SMARTS) is 1. The van der Waals surface area contributed by atoms with E-state index >= 15 is 0 Å². The first kappa shape index (κ1) is 16.0. The van der Waals surface area contributed by atoms with Crippen LogP contribution in [0.25, 0.3) is 0 Å². The van der Waals surface area contributed by atoms with E-state index in [0.29, 0.717) is 6.61 Å². The van der Waals surface area contributed by atoms with Crippen molar-refractivity contribution in [1.82, 2.24) is 4.90 Å². The van der Waals surface area contributed by atoms with E-state index < -0.39 is 5.97 Å². The second-order valence-corrected chi connectivity index (χ2v) is 4.88. The minimum Gasteiger partial charge on any atom is -0.493 e. The fraction of sp³-hybridized carbons (Fsp3) is 0.467. The number of hydrogen-bond donors (Lipinski definition) is 1. The first-order valence-electron chi connectivity index (χ1n) is 6.55. The third-order valence-corrected chi connectivity index (χ3v) is 2.87. The van der Waals surface area contributed by atoms with Crippen LogP contribution in [0.1, 0.15) is 24.0 Å². The summed E-state index contributed by atoms with van der Waals surface area (Å²) >= 11 is 0. The molecule has 1 rings (SSSR count). The molecule has 0 spiro atoms. The van der Waals surface area contributed by atoms with Gasteiger partial charge in [-0.15, -0.1) is 0 Å². The van der Waals surface area contributed by atoms with Crippen molar-refractivity contribution in [2.24, 2.45) is 0 Å². The lowest BCUT2D eigenvalue weighted by atomic mass is 10.1. The molecule has 5 heteroatoms. The van der Waals surface area contributed by atoms with Crippen LogP contribution >= 0.6 is 0 Å².